The van der Waals surface area contributed by atoms with Gasteiger partial charge in [0, 0.05) is 66.6 Å². The van der Waals surface area contributed by atoms with Crippen LogP contribution in [0.1, 0.15) is 26.5 Å². The van der Waals surface area contributed by atoms with E-state index in [-0.39, 0.29) is 17.2 Å². The molecule has 0 saturated carbocycles. The van der Waals surface area contributed by atoms with E-state index >= 15 is 0 Å². The molecule has 1 aliphatic rings. The van der Waals surface area contributed by atoms with Crippen LogP contribution < -0.4 is 10.1 Å². The molecule has 1 N–H and O–H groups in total. The van der Waals surface area contributed by atoms with Gasteiger partial charge in [-0.1, -0.05) is 32.4 Å². The molecule has 0 amide bonds. The minimum Gasteiger partial charge on any atom is -0.492 e. The summed E-state index contributed by atoms with van der Waals surface area (Å²) in [4.78, 5) is 9.39. The fraction of sp³-hybridized carbons (Fsp3) is 0.424. The molecule has 1 fully saturated rings. The Kier molecular flexibility index (Phi) is 9.86. The number of nitrogens with zero attached hydrogens (tertiary/aromatic N) is 5. The average molecular weight is 637 g/mol. The number of fused-ring (bicyclic) bond motifs is 1. The van der Waals surface area contributed by atoms with Crippen LogP contribution in [0.5, 0.6) is 5.75 Å². The van der Waals surface area contributed by atoms with Crippen LogP contribution >= 0.6 is 11.6 Å². The predicted octanol–water partition coefficient (Wildman–Crippen LogP) is 7.38. The second kappa shape index (κ2) is 13.5. The topological polar surface area (TPSA) is 75.6 Å². The fourth-order valence-corrected chi connectivity index (χ4v) is 5.86. The van der Waals surface area contributed by atoms with Crippen LogP contribution in [0, 0.1) is 5.82 Å². The van der Waals surface area contributed by atoms with Crippen molar-refractivity contribution in [3.8, 4) is 17.0 Å². The van der Waals surface area contributed by atoms with Gasteiger partial charge in [-0.05, 0) is 67.6 Å². The maximum Gasteiger partial charge on any atom is 0.192 e. The molecule has 0 aliphatic carbocycles. The van der Waals surface area contributed by atoms with Crippen molar-refractivity contribution in [2.45, 2.75) is 45.5 Å². The molecule has 0 atom stereocenters. The summed E-state index contributed by atoms with van der Waals surface area (Å²) in [5.41, 5.74) is 3.59. The molecule has 1 saturated heterocycles. The maximum atomic E-state index is 14.8. The Labute approximate surface area is 265 Å². The smallest absolute Gasteiger partial charge is 0.192 e. The third-order valence-corrected chi connectivity index (χ3v) is 13.4. The van der Waals surface area contributed by atoms with Gasteiger partial charge in [0.05, 0.1) is 23.5 Å². The number of halogens is 2. The molecule has 8 nitrogen and oxygen atoms in total. The third kappa shape index (κ3) is 7.73. The minimum atomic E-state index is -2.07. The number of piperazine rings is 1. The largest absolute Gasteiger partial charge is 0.492 e. The van der Waals surface area contributed by atoms with Crippen molar-refractivity contribution < 1.29 is 13.6 Å². The Morgan fingerprint density at radius 3 is 2.50 bits per heavy atom. The van der Waals surface area contributed by atoms with E-state index in [2.05, 4.69) is 71.2 Å². The van der Waals surface area contributed by atoms with Crippen LogP contribution in [0.2, 0.25) is 23.2 Å². The highest BCUT2D eigenvalue weighted by molar-refractivity contribution is 6.74. The average Bonchev–Trinajstić information content (AvgIpc) is 2.98. The van der Waals surface area contributed by atoms with Gasteiger partial charge in [-0.15, -0.1) is 5.10 Å². The van der Waals surface area contributed by atoms with E-state index in [0.29, 0.717) is 28.7 Å². The fourth-order valence-electron chi connectivity index (χ4n) is 4.76. The minimum absolute atomic E-state index is 0.0312. The van der Waals surface area contributed by atoms with Crippen LogP contribution in [0.4, 0.5) is 15.8 Å². The molecule has 2 aromatic heterocycles. The highest BCUT2D eigenvalue weighted by Crippen LogP contribution is 2.38. The van der Waals surface area contributed by atoms with Crippen molar-refractivity contribution >= 4 is 42.2 Å². The van der Waals surface area contributed by atoms with Gasteiger partial charge in [0.1, 0.15) is 23.9 Å². The standard InChI is InChI=1S/C33H42ClFN6O2Si/c1-33(2,3)44(5,6)43-22-32-31(21-30(38-39-32)26-19-23(34)7-10-27(26)35)37-28-11-12-36-29-20-24(8-9-25(28)29)42-18-17-41-15-13-40(4)14-16-41/h7-12,19-21H,13-18,22H2,1-6H3,(H,36,37,38). The van der Waals surface area contributed by atoms with Crippen LogP contribution in [-0.2, 0) is 11.0 Å². The first-order valence-electron chi connectivity index (χ1n) is 15.0. The normalized spacial score (nSPS) is 15.1. The molecule has 2 aromatic carbocycles. The van der Waals surface area contributed by atoms with E-state index in [0.717, 1.165) is 55.1 Å². The van der Waals surface area contributed by atoms with Crippen LogP contribution in [-0.4, -0.2) is 79.7 Å². The molecule has 44 heavy (non-hydrogen) atoms. The number of nitrogens with one attached hydrogen (secondary N) is 1. The summed E-state index contributed by atoms with van der Waals surface area (Å²) < 4.78 is 27.4. The van der Waals surface area contributed by atoms with E-state index in [1.54, 1.807) is 18.3 Å². The molecule has 0 bridgehead atoms. The quantitative estimate of drug-likeness (QED) is 0.181. The molecular formula is C33H42ClFN6O2Si. The first-order valence-corrected chi connectivity index (χ1v) is 18.3. The van der Waals surface area contributed by atoms with E-state index < -0.39 is 14.1 Å². The summed E-state index contributed by atoms with van der Waals surface area (Å²) in [5.74, 6) is 0.360. The number of hydrogen-bond acceptors (Lipinski definition) is 8. The Hall–Kier alpha value is -3.15. The lowest BCUT2D eigenvalue weighted by Crippen LogP contribution is -2.45. The zero-order valence-corrected chi connectivity index (χ0v) is 28.2. The van der Waals surface area contributed by atoms with Gasteiger partial charge in [0.15, 0.2) is 8.32 Å². The maximum absolute atomic E-state index is 14.8. The van der Waals surface area contributed by atoms with E-state index in [1.807, 2.05) is 24.3 Å². The predicted molar refractivity (Wildman–Crippen MR) is 179 cm³/mol. The number of benzene rings is 2. The second-order valence-corrected chi connectivity index (χ2v) is 18.2. The number of rotatable bonds is 10. The van der Waals surface area contributed by atoms with Gasteiger partial charge >= 0.3 is 0 Å². The number of hydrogen-bond donors (Lipinski definition) is 1. The number of likely N-dealkylation sites (N-methyl/N-ethyl adjacent to an activating group) is 1. The lowest BCUT2D eigenvalue weighted by Gasteiger charge is -2.36. The summed E-state index contributed by atoms with van der Waals surface area (Å²) in [7, 11) is 0.0847. The Bertz CT molecular complexity index is 1610. The van der Waals surface area contributed by atoms with E-state index in [9.17, 15) is 4.39 Å². The van der Waals surface area contributed by atoms with Crippen LogP contribution in [0.25, 0.3) is 22.2 Å². The summed E-state index contributed by atoms with van der Waals surface area (Å²) in [6.45, 7) is 17.1. The third-order valence-electron chi connectivity index (χ3n) is 8.71. The summed E-state index contributed by atoms with van der Waals surface area (Å²) in [6.07, 6.45) is 1.76. The SMILES string of the molecule is CN1CCN(CCOc2ccc3c(Nc4cc(-c5cc(Cl)ccc5F)nnc4CO[Si](C)(C)C(C)(C)C)ccnc3c2)CC1. The van der Waals surface area contributed by atoms with Crippen LogP contribution in [0.15, 0.2) is 54.7 Å². The first-order chi connectivity index (χ1) is 20.9. The van der Waals surface area contributed by atoms with Crippen molar-refractivity contribution in [3.05, 3.63) is 71.3 Å². The molecule has 3 heterocycles. The van der Waals surface area contributed by atoms with E-state index in [4.69, 9.17) is 20.8 Å². The second-order valence-electron chi connectivity index (χ2n) is 12.9. The number of ether oxygens (including phenoxy) is 1. The molecule has 0 radical (unpaired) electrons. The zero-order chi connectivity index (χ0) is 31.5. The molecule has 1 aliphatic heterocycles. The highest BCUT2D eigenvalue weighted by Gasteiger charge is 2.37. The van der Waals surface area contributed by atoms with Crippen molar-refractivity contribution in [2.75, 3.05) is 51.7 Å². The summed E-state index contributed by atoms with van der Waals surface area (Å²) in [5, 5.41) is 13.8. The van der Waals surface area contributed by atoms with Crippen molar-refractivity contribution in [1.82, 2.24) is 25.0 Å². The summed E-state index contributed by atoms with van der Waals surface area (Å²) in [6, 6.07) is 14.1. The Morgan fingerprint density at radius 2 is 1.75 bits per heavy atom. The molecule has 0 unspecified atom stereocenters. The molecule has 4 aromatic rings. The zero-order valence-electron chi connectivity index (χ0n) is 26.5. The first kappa shape index (κ1) is 32.2. The lowest BCUT2D eigenvalue weighted by atomic mass is 10.1. The highest BCUT2D eigenvalue weighted by atomic mass is 35.5. The van der Waals surface area contributed by atoms with Gasteiger partial charge in [-0.25, -0.2) is 4.39 Å². The Balaban J connectivity index is 1.40. The van der Waals surface area contributed by atoms with Gasteiger partial charge in [0.25, 0.3) is 0 Å². The molecule has 11 heteroatoms. The lowest BCUT2D eigenvalue weighted by molar-refractivity contribution is 0.134. The number of aromatic nitrogens is 3. The molecule has 0 spiro atoms. The van der Waals surface area contributed by atoms with E-state index in [1.165, 1.54) is 12.1 Å². The number of anilines is 2. The molecule has 234 valence electrons. The van der Waals surface area contributed by atoms with Gasteiger partial charge in [-0.2, -0.15) is 5.10 Å². The Morgan fingerprint density at radius 1 is 0.977 bits per heavy atom. The van der Waals surface area contributed by atoms with Crippen LogP contribution in [0.3, 0.4) is 0 Å². The van der Waals surface area contributed by atoms with Gasteiger partial charge < -0.3 is 19.4 Å². The van der Waals surface area contributed by atoms with Gasteiger partial charge in [-0.3, -0.25) is 9.88 Å². The molecule has 5 rings (SSSR count). The summed E-state index contributed by atoms with van der Waals surface area (Å²) >= 11 is 6.20. The van der Waals surface area contributed by atoms with Gasteiger partial charge in [0.2, 0.25) is 0 Å². The van der Waals surface area contributed by atoms with Crippen molar-refractivity contribution in [2.24, 2.45) is 0 Å². The monoisotopic (exact) mass is 636 g/mol. The number of pyridine rings is 1. The molecular weight excluding hydrogens is 595 g/mol. The van der Waals surface area contributed by atoms with Crippen molar-refractivity contribution in [3.63, 3.8) is 0 Å². The van der Waals surface area contributed by atoms with Crippen molar-refractivity contribution in [1.29, 1.82) is 0 Å².